The van der Waals surface area contributed by atoms with E-state index in [1.54, 1.807) is 26.2 Å². The number of carbonyl (C=O) groups is 10. The molecule has 0 unspecified atom stereocenters. The molecule has 0 bridgehead atoms. The highest BCUT2D eigenvalue weighted by Gasteiger charge is 2.42. The van der Waals surface area contributed by atoms with Crippen LogP contribution in [0.1, 0.15) is 146 Å². The summed E-state index contributed by atoms with van der Waals surface area (Å²) in [7, 11) is 0. The third kappa shape index (κ3) is 20.8. The zero-order valence-electron chi connectivity index (χ0n) is 61.6. The number of hydrogen-bond acceptors (Lipinski definition) is 13. The van der Waals surface area contributed by atoms with Gasteiger partial charge < -0.3 is 78.7 Å². The smallest absolute Gasteiger partial charge is 0.407 e. The van der Waals surface area contributed by atoms with Gasteiger partial charge in [0.25, 0.3) is 0 Å². The van der Waals surface area contributed by atoms with Crippen LogP contribution in [0.15, 0.2) is 140 Å². The van der Waals surface area contributed by atoms with Crippen molar-refractivity contribution < 1.29 is 57.8 Å². The Bertz CT molecular complexity index is 4130. The van der Waals surface area contributed by atoms with Crippen molar-refractivity contribution in [2.24, 2.45) is 29.2 Å². The highest BCUT2D eigenvalue weighted by Crippen LogP contribution is 2.44. The van der Waals surface area contributed by atoms with Gasteiger partial charge in [-0.2, -0.15) is 0 Å². The fraction of sp³-hybridized carbons (Fsp3) is 0.457. The van der Waals surface area contributed by atoms with Crippen molar-refractivity contribution in [3.8, 4) is 11.1 Å². The van der Waals surface area contributed by atoms with Crippen LogP contribution in [-0.4, -0.2) is 160 Å². The van der Waals surface area contributed by atoms with E-state index in [-0.39, 0.29) is 69.9 Å². The van der Waals surface area contributed by atoms with Crippen LogP contribution in [0.25, 0.3) is 32.9 Å². The lowest BCUT2D eigenvalue weighted by molar-refractivity contribution is -0.143. The number of aromatic amines is 2. The normalized spacial score (nSPS) is 16.2. The van der Waals surface area contributed by atoms with Gasteiger partial charge in [-0.15, -0.1) is 0 Å². The molecule has 9 amide bonds. The number of benzene rings is 5. The van der Waals surface area contributed by atoms with E-state index in [0.29, 0.717) is 69.2 Å². The quantitative estimate of drug-likeness (QED) is 0.0167. The van der Waals surface area contributed by atoms with Crippen LogP contribution >= 0.6 is 0 Å². The van der Waals surface area contributed by atoms with E-state index < -0.39 is 126 Å². The number of likely N-dealkylation sites (tertiary alicyclic amines) is 1. The summed E-state index contributed by atoms with van der Waals surface area (Å²) in [4.78, 5) is 154. The molecule has 9 rings (SSSR count). The number of amides is 9. The molecule has 0 saturated carbocycles. The van der Waals surface area contributed by atoms with Crippen LogP contribution in [0.4, 0.5) is 4.79 Å². The molecule has 0 spiro atoms. The summed E-state index contributed by atoms with van der Waals surface area (Å²) in [6, 6.07) is 28.7. The minimum atomic E-state index is -1.41. The molecule has 566 valence electrons. The molecule has 0 radical (unpaired) electrons. The Balaban J connectivity index is 0.920. The van der Waals surface area contributed by atoms with Crippen LogP contribution in [0.5, 0.6) is 0 Å². The molecule has 1 saturated heterocycles. The van der Waals surface area contributed by atoms with E-state index in [2.05, 4.69) is 52.5 Å². The van der Waals surface area contributed by atoms with E-state index in [1.165, 1.54) is 4.90 Å². The first-order valence-electron chi connectivity index (χ1n) is 37.4. The molecule has 25 heteroatoms. The van der Waals surface area contributed by atoms with E-state index >= 15 is 19.2 Å². The highest BCUT2D eigenvalue weighted by molar-refractivity contribution is 6.00. The molecule has 2 aromatic heterocycles. The fourth-order valence-electron chi connectivity index (χ4n) is 14.3. The molecule has 3 heterocycles. The molecule has 1 aliphatic carbocycles. The minimum absolute atomic E-state index is 0.00974. The van der Waals surface area contributed by atoms with Crippen molar-refractivity contribution in [2.45, 2.75) is 192 Å². The molecular formula is C81H105N13O12. The molecule has 5 aromatic carbocycles. The largest absolute Gasteiger partial charge is 0.480 e. The maximum Gasteiger partial charge on any atom is 0.407 e. The molecule has 1 aliphatic heterocycles. The van der Waals surface area contributed by atoms with Gasteiger partial charge in [0.1, 0.15) is 61.0 Å². The SMILES string of the molecule is CC[C@H](C)[C@H](NC(=O)[C@@H](NC(=O)[C@@H]1CCCN1C(=O)[C@H](CC(C)C)NC(=O)[C@H](Cc1ccccc1)NC(=O)OCC1c2ccccc2-c2ccccc21)[C@@H](C)CC)C(=O)N[C@@H](Cc1c[nH]c2ccccc12)C(=O)N[C@@H](Cc1c[nH]c2ccccc12)C(=O)N[C@@H](CCCCN)C(=O)N[C@@H](CCCCN)C(=O)O. The first-order chi connectivity index (χ1) is 51.1. The number of nitrogens with zero attached hydrogens (tertiary/aromatic N) is 1. The first-order valence-corrected chi connectivity index (χ1v) is 37.4. The molecule has 1 fully saturated rings. The maximum atomic E-state index is 15.4. The predicted molar refractivity (Wildman–Crippen MR) is 406 cm³/mol. The number of aromatic nitrogens is 2. The standard InChI is InChI=1S/C81H105N13O12/c1-7-49(5)70(77(100)89-67(44-53-46-85-62-34-19-17-28-55(53)62)75(98)88-66(43-52-45-84-61-33-18-16-27-54(52)61)74(97)86-63(35-20-22-38-82)72(95)87-64(80(103)104)36-21-23-39-83)93-78(101)71(50(6)8-2)92-76(99)69-37-24-40-94(69)79(102)68(41-48(3)4)90-73(96)65(42-51-25-10-9-11-26-51)91-81(105)106-47-60-58-31-14-12-29-56(58)57-30-13-15-32-59(57)60/h9-19,25-34,45-46,48-50,60,63-71,84-85H,7-8,20-24,35-44,47,82-83H2,1-6H3,(H,86,97)(H,87,95)(H,88,98)(H,89,100)(H,90,96)(H,91,105)(H,92,99)(H,93,101)(H,103,104)/t49-,50-,63-,64-,65-,66-,67-,68-,69-,70-,71-/m0/s1. The summed E-state index contributed by atoms with van der Waals surface area (Å²) in [5, 5.41) is 34.6. The minimum Gasteiger partial charge on any atom is -0.480 e. The van der Waals surface area contributed by atoms with Gasteiger partial charge in [0.05, 0.1) is 0 Å². The van der Waals surface area contributed by atoms with Gasteiger partial charge in [-0.25, -0.2) is 9.59 Å². The summed E-state index contributed by atoms with van der Waals surface area (Å²) in [6.07, 6.45) is 6.17. The molecule has 7 aromatic rings. The molecule has 11 atom stereocenters. The maximum absolute atomic E-state index is 15.4. The predicted octanol–water partition coefficient (Wildman–Crippen LogP) is 7.45. The lowest BCUT2D eigenvalue weighted by atomic mass is 9.94. The molecular weight excluding hydrogens is 1350 g/mol. The molecule has 15 N–H and O–H groups in total. The summed E-state index contributed by atoms with van der Waals surface area (Å²) in [5.74, 6) is -8.15. The second-order valence-electron chi connectivity index (χ2n) is 28.6. The number of unbranched alkanes of at least 4 members (excludes halogenated alkanes) is 2. The number of nitrogens with two attached hydrogens (primary N) is 2. The van der Waals surface area contributed by atoms with Crippen molar-refractivity contribution in [1.82, 2.24) is 57.4 Å². The second-order valence-corrected chi connectivity index (χ2v) is 28.6. The Kier molecular flexibility index (Phi) is 29.0. The van der Waals surface area contributed by atoms with Crippen molar-refractivity contribution in [1.29, 1.82) is 0 Å². The Labute approximate surface area is 619 Å². The molecule has 106 heavy (non-hydrogen) atoms. The van der Waals surface area contributed by atoms with Gasteiger partial charge in [0.15, 0.2) is 0 Å². The number of carbonyl (C=O) groups excluding carboxylic acids is 9. The number of alkyl carbamates (subject to hydrolysis) is 1. The molecule has 25 nitrogen and oxygen atoms in total. The number of carboxylic acids is 1. The zero-order valence-corrected chi connectivity index (χ0v) is 61.6. The Morgan fingerprint density at radius 3 is 1.50 bits per heavy atom. The average Bonchev–Trinajstić information content (AvgIpc) is 1.61. The Morgan fingerprint density at radius 1 is 0.509 bits per heavy atom. The Hall–Kier alpha value is -10.4. The first kappa shape index (κ1) is 79.7. The lowest BCUT2D eigenvalue weighted by Crippen LogP contribution is -2.62. The average molecular weight is 1450 g/mol. The van der Waals surface area contributed by atoms with Gasteiger partial charge in [0.2, 0.25) is 47.3 Å². The number of fused-ring (bicyclic) bond motifs is 5. The van der Waals surface area contributed by atoms with Gasteiger partial charge in [0, 0.05) is 65.9 Å². The van der Waals surface area contributed by atoms with E-state index in [4.69, 9.17) is 16.2 Å². The Morgan fingerprint density at radius 2 is 0.962 bits per heavy atom. The number of para-hydroxylation sites is 2. The number of aliphatic carboxylic acids is 1. The third-order valence-electron chi connectivity index (χ3n) is 20.6. The third-order valence-corrected chi connectivity index (χ3v) is 20.6. The summed E-state index contributed by atoms with van der Waals surface area (Å²) >= 11 is 0. The number of rotatable bonds is 39. The topological polar surface area (TPSA) is 383 Å². The highest BCUT2D eigenvalue weighted by atomic mass is 16.5. The van der Waals surface area contributed by atoms with Crippen LogP contribution in [0.3, 0.4) is 0 Å². The van der Waals surface area contributed by atoms with Crippen molar-refractivity contribution in [2.75, 3.05) is 26.2 Å². The number of nitrogens with one attached hydrogen (secondary N) is 10. The van der Waals surface area contributed by atoms with E-state index in [1.807, 2.05) is 155 Å². The fourth-order valence-corrected chi connectivity index (χ4v) is 14.3. The second kappa shape index (κ2) is 38.6. The summed E-state index contributed by atoms with van der Waals surface area (Å²) < 4.78 is 5.91. The van der Waals surface area contributed by atoms with Crippen molar-refractivity contribution in [3.05, 3.63) is 168 Å². The number of carboxylic acid groups (broad SMARTS) is 1. The zero-order chi connectivity index (χ0) is 76.0. The van der Waals surface area contributed by atoms with Gasteiger partial charge in [-0.1, -0.05) is 170 Å². The van der Waals surface area contributed by atoms with E-state index in [0.717, 1.165) is 49.6 Å². The van der Waals surface area contributed by atoms with Gasteiger partial charge >= 0.3 is 12.1 Å². The molecule has 2 aliphatic rings. The van der Waals surface area contributed by atoms with Crippen molar-refractivity contribution >= 4 is 81.1 Å². The van der Waals surface area contributed by atoms with Crippen LogP contribution in [-0.2, 0) is 67.2 Å². The van der Waals surface area contributed by atoms with Crippen LogP contribution in [0, 0.1) is 17.8 Å². The monoisotopic (exact) mass is 1450 g/mol. The van der Waals surface area contributed by atoms with Gasteiger partial charge in [-0.05, 0) is 140 Å². The number of hydrogen-bond donors (Lipinski definition) is 13. The number of ether oxygens (including phenoxy) is 1. The lowest BCUT2D eigenvalue weighted by Gasteiger charge is -2.33. The number of H-pyrrole nitrogens is 2. The van der Waals surface area contributed by atoms with Gasteiger partial charge in [-0.3, -0.25) is 38.4 Å². The summed E-state index contributed by atoms with van der Waals surface area (Å²) in [5.41, 5.74) is 19.2. The summed E-state index contributed by atoms with van der Waals surface area (Å²) in [6.45, 7) is 11.9. The van der Waals surface area contributed by atoms with Crippen LogP contribution in [0.2, 0.25) is 0 Å². The van der Waals surface area contributed by atoms with E-state index in [9.17, 15) is 33.9 Å². The van der Waals surface area contributed by atoms with Crippen molar-refractivity contribution in [3.63, 3.8) is 0 Å². The van der Waals surface area contributed by atoms with Crippen LogP contribution < -0.4 is 54.0 Å².